The lowest BCUT2D eigenvalue weighted by Crippen LogP contribution is -2.58. The predicted octanol–water partition coefficient (Wildman–Crippen LogP) is 5.15. The molecule has 2 nitrogen and oxygen atoms in total. The van der Waals surface area contributed by atoms with Crippen molar-refractivity contribution in [1.29, 1.82) is 0 Å². The molecule has 0 saturated carbocycles. The summed E-state index contributed by atoms with van der Waals surface area (Å²) in [5.74, 6) is 0. The molecule has 0 aliphatic carbocycles. The van der Waals surface area contributed by atoms with Crippen molar-refractivity contribution in [3.63, 3.8) is 0 Å². The van der Waals surface area contributed by atoms with Crippen LogP contribution >= 0.6 is 0 Å². The number of hydrogen-bond acceptors (Lipinski definition) is 1. The summed E-state index contributed by atoms with van der Waals surface area (Å²) < 4.78 is 0.250. The number of hydrogen-bond donors (Lipinski definition) is 1. The Labute approximate surface area is 115 Å². The van der Waals surface area contributed by atoms with Gasteiger partial charge in [0.2, 0.25) is 0 Å². The molecule has 0 spiro atoms. The fourth-order valence-electron chi connectivity index (χ4n) is 2.38. The van der Waals surface area contributed by atoms with Gasteiger partial charge in [-0.3, -0.25) is 0 Å². The number of nitrogens with zero attached hydrogens (tertiary/aromatic N) is 1. The highest BCUT2D eigenvalue weighted by atomic mass is 16.5. The molecule has 0 heterocycles. The van der Waals surface area contributed by atoms with E-state index in [0.29, 0.717) is 0 Å². The monoisotopic (exact) mass is 258 g/mol. The number of rotatable bonds is 10. The highest BCUT2D eigenvalue weighted by molar-refractivity contribution is 4.61. The Bertz CT molecular complexity index is 184. The van der Waals surface area contributed by atoms with Crippen LogP contribution in [0.5, 0.6) is 0 Å². The van der Waals surface area contributed by atoms with Crippen molar-refractivity contribution >= 4 is 0 Å². The smallest absolute Gasteiger partial charge is 0.120 e. The SMILES string of the molecule is CCCCCC[N+](O)(CCCCCC)C(C)(C)C. The van der Waals surface area contributed by atoms with Gasteiger partial charge in [-0.1, -0.05) is 39.5 Å². The fourth-order valence-corrected chi connectivity index (χ4v) is 2.38. The summed E-state index contributed by atoms with van der Waals surface area (Å²) in [6.07, 6.45) is 9.91. The molecule has 2 heteroatoms. The van der Waals surface area contributed by atoms with Crippen LogP contribution < -0.4 is 0 Å². The van der Waals surface area contributed by atoms with Gasteiger partial charge in [0.1, 0.15) is 18.6 Å². The van der Waals surface area contributed by atoms with Crippen molar-refractivity contribution in [2.45, 2.75) is 91.5 Å². The van der Waals surface area contributed by atoms with Gasteiger partial charge >= 0.3 is 0 Å². The first-order chi connectivity index (χ1) is 8.37. The Morgan fingerprint density at radius 3 is 1.39 bits per heavy atom. The minimum absolute atomic E-state index is 0.0571. The van der Waals surface area contributed by atoms with E-state index in [0.717, 1.165) is 25.9 Å². The molecule has 0 atom stereocenters. The van der Waals surface area contributed by atoms with E-state index < -0.39 is 0 Å². The lowest BCUT2D eigenvalue weighted by Gasteiger charge is -2.41. The third-order valence-electron chi connectivity index (χ3n) is 4.01. The molecule has 0 aromatic rings. The molecule has 110 valence electrons. The van der Waals surface area contributed by atoms with Gasteiger partial charge in [0, 0.05) is 0 Å². The summed E-state index contributed by atoms with van der Waals surface area (Å²) >= 11 is 0. The lowest BCUT2D eigenvalue weighted by atomic mass is 10.0. The van der Waals surface area contributed by atoms with E-state index in [9.17, 15) is 5.21 Å². The van der Waals surface area contributed by atoms with E-state index in [1.165, 1.54) is 38.5 Å². The van der Waals surface area contributed by atoms with E-state index in [1.807, 2.05) is 0 Å². The first kappa shape index (κ1) is 17.9. The van der Waals surface area contributed by atoms with Crippen LogP contribution in [-0.2, 0) is 0 Å². The van der Waals surface area contributed by atoms with Gasteiger partial charge in [0.25, 0.3) is 0 Å². The van der Waals surface area contributed by atoms with Crippen molar-refractivity contribution in [1.82, 2.24) is 0 Å². The second-order valence-electron chi connectivity index (χ2n) is 6.66. The third kappa shape index (κ3) is 6.75. The molecular formula is C16H36NO+. The van der Waals surface area contributed by atoms with Crippen LogP contribution in [0.15, 0.2) is 0 Å². The first-order valence-corrected chi connectivity index (χ1v) is 7.97. The van der Waals surface area contributed by atoms with Crippen LogP contribution in [0.3, 0.4) is 0 Å². The van der Waals surface area contributed by atoms with Crippen molar-refractivity contribution in [2.24, 2.45) is 0 Å². The summed E-state index contributed by atoms with van der Waals surface area (Å²) in [7, 11) is 0. The van der Waals surface area contributed by atoms with Crippen LogP contribution in [-0.4, -0.2) is 28.5 Å². The fraction of sp³-hybridized carbons (Fsp3) is 1.00. The maximum absolute atomic E-state index is 10.9. The number of quaternary nitrogens is 1. The van der Waals surface area contributed by atoms with Crippen LogP contribution in [0.2, 0.25) is 0 Å². The van der Waals surface area contributed by atoms with Gasteiger partial charge in [0.15, 0.2) is 0 Å². The van der Waals surface area contributed by atoms with Gasteiger partial charge in [-0.25, -0.2) is 5.21 Å². The summed E-state index contributed by atoms with van der Waals surface area (Å²) in [5, 5.41) is 10.9. The molecule has 0 aromatic heterocycles. The third-order valence-corrected chi connectivity index (χ3v) is 4.01. The molecule has 0 bridgehead atoms. The van der Waals surface area contributed by atoms with E-state index in [2.05, 4.69) is 34.6 Å². The summed E-state index contributed by atoms with van der Waals surface area (Å²) in [5.41, 5.74) is -0.0571. The van der Waals surface area contributed by atoms with Gasteiger partial charge in [-0.05, 0) is 46.5 Å². The number of unbranched alkanes of at least 4 members (excludes halogenated alkanes) is 6. The summed E-state index contributed by atoms with van der Waals surface area (Å²) in [4.78, 5) is 0. The van der Waals surface area contributed by atoms with Crippen LogP contribution in [0, 0.1) is 0 Å². The second kappa shape index (κ2) is 8.92. The predicted molar refractivity (Wildman–Crippen MR) is 79.8 cm³/mol. The maximum Gasteiger partial charge on any atom is 0.120 e. The molecular weight excluding hydrogens is 222 g/mol. The highest BCUT2D eigenvalue weighted by Gasteiger charge is 2.38. The molecule has 18 heavy (non-hydrogen) atoms. The van der Waals surface area contributed by atoms with Gasteiger partial charge in [0.05, 0.1) is 0 Å². The van der Waals surface area contributed by atoms with Crippen molar-refractivity contribution in [3.05, 3.63) is 0 Å². The molecule has 0 unspecified atom stereocenters. The van der Waals surface area contributed by atoms with Gasteiger partial charge in [-0.15, -0.1) is 0 Å². The summed E-state index contributed by atoms with van der Waals surface area (Å²) in [6, 6.07) is 0. The molecule has 1 N–H and O–H groups in total. The summed E-state index contributed by atoms with van der Waals surface area (Å²) in [6.45, 7) is 12.8. The molecule has 0 fully saturated rings. The largest absolute Gasteiger partial charge is 0.217 e. The van der Waals surface area contributed by atoms with E-state index in [4.69, 9.17) is 0 Å². The van der Waals surface area contributed by atoms with E-state index in [-0.39, 0.29) is 10.2 Å². The molecule has 0 radical (unpaired) electrons. The zero-order valence-corrected chi connectivity index (χ0v) is 13.5. The maximum atomic E-state index is 10.9. The van der Waals surface area contributed by atoms with Crippen LogP contribution in [0.4, 0.5) is 0 Å². The van der Waals surface area contributed by atoms with Crippen molar-refractivity contribution in [3.8, 4) is 0 Å². The standard InChI is InChI=1S/C16H36NO/c1-6-8-10-12-14-17(18,16(3,4)5)15-13-11-9-7-2/h18H,6-15H2,1-5H3/q+1. The highest BCUT2D eigenvalue weighted by Crippen LogP contribution is 2.24. The van der Waals surface area contributed by atoms with Crippen molar-refractivity contribution < 1.29 is 9.85 Å². The topological polar surface area (TPSA) is 20.2 Å². The van der Waals surface area contributed by atoms with Crippen LogP contribution in [0.25, 0.3) is 0 Å². The lowest BCUT2D eigenvalue weighted by molar-refractivity contribution is -1.13. The average molecular weight is 258 g/mol. The number of hydroxylamine groups is 3. The minimum Gasteiger partial charge on any atom is -0.217 e. The van der Waals surface area contributed by atoms with Gasteiger partial charge < -0.3 is 0 Å². The second-order valence-corrected chi connectivity index (χ2v) is 6.66. The Hall–Kier alpha value is -0.0800. The molecule has 0 rings (SSSR count). The average Bonchev–Trinajstić information content (AvgIpc) is 2.29. The Kier molecular flexibility index (Phi) is 8.89. The molecule has 0 aliphatic heterocycles. The Balaban J connectivity index is 4.17. The zero-order valence-electron chi connectivity index (χ0n) is 13.5. The molecule has 0 aliphatic rings. The Morgan fingerprint density at radius 1 is 0.722 bits per heavy atom. The zero-order chi connectivity index (χ0) is 14.1. The Morgan fingerprint density at radius 2 is 1.11 bits per heavy atom. The van der Waals surface area contributed by atoms with E-state index >= 15 is 0 Å². The van der Waals surface area contributed by atoms with Gasteiger partial charge in [-0.2, -0.15) is 4.65 Å². The minimum atomic E-state index is -0.0571. The first-order valence-electron chi connectivity index (χ1n) is 7.97. The normalized spacial score (nSPS) is 13.0. The molecule has 0 aromatic carbocycles. The quantitative estimate of drug-likeness (QED) is 0.326. The molecule has 0 saturated heterocycles. The van der Waals surface area contributed by atoms with Crippen LogP contribution in [0.1, 0.15) is 86.0 Å². The van der Waals surface area contributed by atoms with E-state index in [1.54, 1.807) is 0 Å². The van der Waals surface area contributed by atoms with Crippen molar-refractivity contribution in [2.75, 3.05) is 13.1 Å². The molecule has 0 amide bonds.